The van der Waals surface area contributed by atoms with Crippen LogP contribution in [0.3, 0.4) is 0 Å². The van der Waals surface area contributed by atoms with Gasteiger partial charge in [0.25, 0.3) is 0 Å². The van der Waals surface area contributed by atoms with Gasteiger partial charge in [0.2, 0.25) is 5.91 Å². The smallest absolute Gasteiger partial charge is 0.230 e. The van der Waals surface area contributed by atoms with Crippen LogP contribution in [0.25, 0.3) is 0 Å². The zero-order chi connectivity index (χ0) is 14.8. The maximum Gasteiger partial charge on any atom is 0.230 e. The molecule has 0 aromatic heterocycles. The minimum Gasteiger partial charge on any atom is -0.395 e. The van der Waals surface area contributed by atoms with Gasteiger partial charge >= 0.3 is 0 Å². The molecular formula is C16H32N2O2. The van der Waals surface area contributed by atoms with E-state index >= 15 is 0 Å². The van der Waals surface area contributed by atoms with Crippen molar-refractivity contribution in [1.82, 2.24) is 10.2 Å². The third-order valence-corrected chi connectivity index (χ3v) is 4.54. The van der Waals surface area contributed by atoms with Gasteiger partial charge in [0.1, 0.15) is 0 Å². The molecule has 0 spiro atoms. The Morgan fingerprint density at radius 3 is 2.60 bits per heavy atom. The molecule has 0 aromatic rings. The molecule has 1 heterocycles. The van der Waals surface area contributed by atoms with E-state index < -0.39 is 0 Å². The molecular weight excluding hydrogens is 252 g/mol. The highest BCUT2D eigenvalue weighted by atomic mass is 16.3. The average molecular weight is 284 g/mol. The third-order valence-electron chi connectivity index (χ3n) is 4.54. The van der Waals surface area contributed by atoms with Crippen molar-refractivity contribution in [2.24, 2.45) is 5.41 Å². The minimum absolute atomic E-state index is 0.0622. The summed E-state index contributed by atoms with van der Waals surface area (Å²) in [4.78, 5) is 14.8. The molecule has 0 bridgehead atoms. The normalized spacial score (nSPS) is 22.8. The van der Waals surface area contributed by atoms with E-state index in [1.165, 1.54) is 19.3 Å². The summed E-state index contributed by atoms with van der Waals surface area (Å²) in [5.41, 5.74) is -0.238. The predicted octanol–water partition coefficient (Wildman–Crippen LogP) is 2.17. The van der Waals surface area contributed by atoms with E-state index in [4.69, 9.17) is 0 Å². The monoisotopic (exact) mass is 284 g/mol. The van der Waals surface area contributed by atoms with Crippen molar-refractivity contribution >= 4 is 5.91 Å². The van der Waals surface area contributed by atoms with Crippen LogP contribution >= 0.6 is 0 Å². The van der Waals surface area contributed by atoms with Crippen molar-refractivity contribution in [3.8, 4) is 0 Å². The predicted molar refractivity (Wildman–Crippen MR) is 82.6 cm³/mol. The van der Waals surface area contributed by atoms with Gasteiger partial charge in [-0.25, -0.2) is 0 Å². The number of hydrogen-bond donors (Lipinski definition) is 2. The number of carbonyl (C=O) groups is 1. The number of hydrogen-bond acceptors (Lipinski definition) is 3. The summed E-state index contributed by atoms with van der Waals surface area (Å²) in [5, 5.41) is 12.6. The van der Waals surface area contributed by atoms with E-state index in [1.807, 2.05) is 4.90 Å². The van der Waals surface area contributed by atoms with Crippen LogP contribution in [0.15, 0.2) is 0 Å². The van der Waals surface area contributed by atoms with Crippen LogP contribution < -0.4 is 5.32 Å². The molecule has 20 heavy (non-hydrogen) atoms. The van der Waals surface area contributed by atoms with E-state index in [9.17, 15) is 9.90 Å². The Labute approximate surface area is 123 Å². The van der Waals surface area contributed by atoms with Gasteiger partial charge in [0.05, 0.1) is 12.0 Å². The molecule has 1 saturated heterocycles. The maximum absolute atomic E-state index is 12.9. The van der Waals surface area contributed by atoms with Crippen molar-refractivity contribution < 1.29 is 9.90 Å². The van der Waals surface area contributed by atoms with Crippen LogP contribution in [0, 0.1) is 5.41 Å². The second kappa shape index (κ2) is 9.35. The Morgan fingerprint density at radius 2 is 2.05 bits per heavy atom. The van der Waals surface area contributed by atoms with Crippen molar-refractivity contribution in [3.05, 3.63) is 0 Å². The van der Waals surface area contributed by atoms with Gasteiger partial charge in [0.15, 0.2) is 0 Å². The van der Waals surface area contributed by atoms with Gasteiger partial charge in [-0.1, -0.05) is 33.1 Å². The summed E-state index contributed by atoms with van der Waals surface area (Å²) >= 11 is 0. The molecule has 1 fully saturated rings. The average Bonchev–Trinajstić information content (AvgIpc) is 2.50. The summed E-state index contributed by atoms with van der Waals surface area (Å²) < 4.78 is 0. The quantitative estimate of drug-likeness (QED) is 0.638. The summed E-state index contributed by atoms with van der Waals surface area (Å²) in [6.45, 7) is 7.45. The molecule has 0 radical (unpaired) electrons. The number of rotatable bonds is 9. The summed E-state index contributed by atoms with van der Waals surface area (Å²) in [7, 11) is 0. The molecule has 2 N–H and O–H groups in total. The Balaban J connectivity index is 2.60. The Morgan fingerprint density at radius 1 is 1.25 bits per heavy atom. The topological polar surface area (TPSA) is 52.6 Å². The van der Waals surface area contributed by atoms with Crippen molar-refractivity contribution in [3.63, 3.8) is 0 Å². The standard InChI is InChI=1S/C16H32N2O2/c1-3-5-6-7-11-18(12-13-19)15(20)16(4-2)9-8-10-17-14-16/h17,19H,3-14H2,1-2H3. The molecule has 4 heteroatoms. The Bertz CT molecular complexity index is 276. The zero-order valence-electron chi connectivity index (χ0n) is 13.3. The van der Waals surface area contributed by atoms with Crippen LogP contribution in [0.5, 0.6) is 0 Å². The van der Waals surface area contributed by atoms with Crippen LogP contribution in [-0.4, -0.2) is 48.7 Å². The van der Waals surface area contributed by atoms with Crippen molar-refractivity contribution in [2.45, 2.75) is 58.8 Å². The largest absolute Gasteiger partial charge is 0.395 e. The highest BCUT2D eigenvalue weighted by molar-refractivity contribution is 5.83. The van der Waals surface area contributed by atoms with Crippen molar-refractivity contribution in [2.75, 3.05) is 32.8 Å². The van der Waals surface area contributed by atoms with E-state index in [0.29, 0.717) is 6.54 Å². The van der Waals surface area contributed by atoms with E-state index in [0.717, 1.165) is 45.3 Å². The molecule has 118 valence electrons. The third kappa shape index (κ3) is 4.74. The summed E-state index contributed by atoms with van der Waals surface area (Å²) in [6.07, 6.45) is 7.58. The van der Waals surface area contributed by atoms with E-state index in [2.05, 4.69) is 19.2 Å². The highest BCUT2D eigenvalue weighted by Crippen LogP contribution is 2.32. The van der Waals surface area contributed by atoms with Crippen molar-refractivity contribution in [1.29, 1.82) is 0 Å². The molecule has 1 aliphatic rings. The van der Waals surface area contributed by atoms with Gasteiger partial charge in [-0.3, -0.25) is 4.79 Å². The van der Waals surface area contributed by atoms with Crippen LogP contribution in [0.1, 0.15) is 58.8 Å². The maximum atomic E-state index is 12.9. The van der Waals surface area contributed by atoms with Gasteiger partial charge in [0, 0.05) is 19.6 Å². The first-order chi connectivity index (χ1) is 9.70. The number of aliphatic hydroxyl groups excluding tert-OH is 1. The first kappa shape index (κ1) is 17.4. The molecule has 1 unspecified atom stereocenters. The first-order valence-electron chi connectivity index (χ1n) is 8.31. The lowest BCUT2D eigenvalue weighted by Crippen LogP contribution is -2.52. The number of amides is 1. The molecule has 0 aromatic carbocycles. The van der Waals surface area contributed by atoms with E-state index in [1.54, 1.807) is 0 Å². The fourth-order valence-corrected chi connectivity index (χ4v) is 3.10. The van der Waals surface area contributed by atoms with Crippen LogP contribution in [-0.2, 0) is 4.79 Å². The Hall–Kier alpha value is -0.610. The van der Waals surface area contributed by atoms with E-state index in [-0.39, 0.29) is 17.9 Å². The summed E-state index contributed by atoms with van der Waals surface area (Å²) in [5.74, 6) is 0.248. The molecule has 0 saturated carbocycles. The lowest BCUT2D eigenvalue weighted by atomic mass is 9.77. The number of carbonyl (C=O) groups excluding carboxylic acids is 1. The second-order valence-electron chi connectivity index (χ2n) is 5.99. The molecule has 1 amide bonds. The number of aliphatic hydroxyl groups is 1. The highest BCUT2D eigenvalue weighted by Gasteiger charge is 2.40. The number of piperidine rings is 1. The second-order valence-corrected chi connectivity index (χ2v) is 5.99. The minimum atomic E-state index is -0.238. The SMILES string of the molecule is CCCCCCN(CCO)C(=O)C1(CC)CCCNC1. The number of nitrogens with zero attached hydrogens (tertiary/aromatic N) is 1. The number of unbranched alkanes of at least 4 members (excludes halogenated alkanes) is 3. The Kier molecular flexibility index (Phi) is 8.15. The molecule has 1 atom stereocenters. The van der Waals surface area contributed by atoms with Gasteiger partial charge in [-0.2, -0.15) is 0 Å². The van der Waals surface area contributed by atoms with Crippen LogP contribution in [0.4, 0.5) is 0 Å². The zero-order valence-corrected chi connectivity index (χ0v) is 13.3. The van der Waals surface area contributed by atoms with Crippen LogP contribution in [0.2, 0.25) is 0 Å². The molecule has 1 rings (SSSR count). The lowest BCUT2D eigenvalue weighted by Gasteiger charge is -2.39. The fourth-order valence-electron chi connectivity index (χ4n) is 3.10. The molecule has 0 aliphatic carbocycles. The van der Waals surface area contributed by atoms with Gasteiger partial charge in [-0.05, 0) is 32.2 Å². The summed E-state index contributed by atoms with van der Waals surface area (Å²) in [6, 6.07) is 0. The molecule has 1 aliphatic heterocycles. The first-order valence-corrected chi connectivity index (χ1v) is 8.31. The van der Waals surface area contributed by atoms with Gasteiger partial charge < -0.3 is 15.3 Å². The lowest BCUT2D eigenvalue weighted by molar-refractivity contribution is -0.144. The molecule has 4 nitrogen and oxygen atoms in total. The fraction of sp³-hybridized carbons (Fsp3) is 0.938. The van der Waals surface area contributed by atoms with Gasteiger partial charge in [-0.15, -0.1) is 0 Å². The number of nitrogens with one attached hydrogen (secondary N) is 1.